The van der Waals surface area contributed by atoms with Gasteiger partial charge in [-0.25, -0.2) is 4.39 Å². The van der Waals surface area contributed by atoms with Crippen LogP contribution in [0.15, 0.2) is 23.0 Å². The monoisotopic (exact) mass is 460 g/mol. The summed E-state index contributed by atoms with van der Waals surface area (Å²) in [6.07, 6.45) is -6.25. The van der Waals surface area contributed by atoms with Crippen molar-refractivity contribution in [2.75, 3.05) is 7.11 Å². The van der Waals surface area contributed by atoms with Gasteiger partial charge < -0.3 is 20.2 Å². The fourth-order valence-electron chi connectivity index (χ4n) is 4.25. The van der Waals surface area contributed by atoms with E-state index in [2.05, 4.69) is 4.98 Å². The zero-order valence-electron chi connectivity index (χ0n) is 17.6. The normalized spacial score (nSPS) is 25.7. The summed E-state index contributed by atoms with van der Waals surface area (Å²) < 4.78 is 80.6. The van der Waals surface area contributed by atoms with Crippen molar-refractivity contribution in [3.8, 4) is 5.75 Å². The van der Waals surface area contributed by atoms with Gasteiger partial charge in [0.2, 0.25) is 5.82 Å². The minimum absolute atomic E-state index is 0.0351. The van der Waals surface area contributed by atoms with E-state index < -0.39 is 58.4 Å². The fourth-order valence-corrected chi connectivity index (χ4v) is 4.25. The second kappa shape index (κ2) is 7.88. The number of hydrogen-bond acceptors (Lipinski definition) is 4. The molecule has 1 fully saturated rings. The number of benzene rings is 1. The Morgan fingerprint density at radius 1 is 1.28 bits per heavy atom. The molecule has 0 aliphatic carbocycles. The number of primary amides is 1. The molecule has 1 saturated heterocycles. The molecule has 0 saturated carbocycles. The highest BCUT2D eigenvalue weighted by Gasteiger charge is 2.65. The van der Waals surface area contributed by atoms with Gasteiger partial charge in [0.1, 0.15) is 11.7 Å². The Kier molecular flexibility index (Phi) is 5.83. The average Bonchev–Trinajstić information content (AvgIpc) is 2.95. The molecule has 0 unspecified atom stereocenters. The highest BCUT2D eigenvalue weighted by atomic mass is 19.4. The molecule has 1 aromatic carbocycles. The van der Waals surface area contributed by atoms with Crippen molar-refractivity contribution >= 4 is 5.91 Å². The lowest BCUT2D eigenvalue weighted by atomic mass is 9.76. The highest BCUT2D eigenvalue weighted by molar-refractivity contribution is 5.93. The quantitative estimate of drug-likeness (QED) is 0.678. The van der Waals surface area contributed by atoms with Crippen molar-refractivity contribution in [1.82, 2.24) is 4.98 Å². The Bertz CT molecular complexity index is 1130. The number of H-pyrrole nitrogens is 1. The number of carbonyl (C=O) groups is 1. The zero-order valence-corrected chi connectivity index (χ0v) is 17.6. The highest BCUT2D eigenvalue weighted by Crippen LogP contribution is 2.59. The summed E-state index contributed by atoms with van der Waals surface area (Å²) in [7, 11) is 1.06. The van der Waals surface area contributed by atoms with Crippen LogP contribution in [0.25, 0.3) is 0 Å². The van der Waals surface area contributed by atoms with E-state index in [9.17, 15) is 31.5 Å². The molecule has 4 atom stereocenters. The Hall–Kier alpha value is -2.95. The summed E-state index contributed by atoms with van der Waals surface area (Å²) in [5, 5.41) is 0. The smallest absolute Gasteiger partial charge is 0.417 e. The third-order valence-electron chi connectivity index (χ3n) is 6.10. The van der Waals surface area contributed by atoms with E-state index in [1.165, 1.54) is 13.8 Å². The lowest BCUT2D eigenvalue weighted by Crippen LogP contribution is -2.46. The first-order chi connectivity index (χ1) is 14.7. The predicted octanol–water partition coefficient (Wildman–Crippen LogP) is 3.88. The third-order valence-corrected chi connectivity index (χ3v) is 6.10. The van der Waals surface area contributed by atoms with Crippen LogP contribution in [0, 0.1) is 24.5 Å². The van der Waals surface area contributed by atoms with E-state index in [4.69, 9.17) is 15.2 Å². The van der Waals surface area contributed by atoms with Gasteiger partial charge in [-0.1, -0.05) is 13.0 Å². The number of alkyl halides is 3. The molecule has 6 nitrogen and oxygen atoms in total. The maximum absolute atomic E-state index is 14.4. The molecule has 2 heterocycles. The number of halogens is 5. The maximum Gasteiger partial charge on any atom is 0.417 e. The Balaban J connectivity index is 2.28. The average molecular weight is 460 g/mol. The van der Waals surface area contributed by atoms with Crippen LogP contribution in [0.4, 0.5) is 22.0 Å². The molecule has 174 valence electrons. The lowest BCUT2D eigenvalue weighted by molar-refractivity contribution is -0.275. The van der Waals surface area contributed by atoms with Crippen LogP contribution < -0.4 is 15.9 Å². The number of hydrogen-bond donors (Lipinski definition) is 2. The van der Waals surface area contributed by atoms with Crippen molar-refractivity contribution in [3.05, 3.63) is 62.6 Å². The van der Waals surface area contributed by atoms with Crippen LogP contribution in [0.1, 0.15) is 53.2 Å². The summed E-state index contributed by atoms with van der Waals surface area (Å²) in [5.41, 5.74) is 1.25. The number of rotatable bonds is 4. The van der Waals surface area contributed by atoms with Gasteiger partial charge in [-0.2, -0.15) is 17.6 Å². The van der Waals surface area contributed by atoms with Gasteiger partial charge in [0, 0.05) is 34.9 Å². The molecule has 32 heavy (non-hydrogen) atoms. The third kappa shape index (κ3) is 3.54. The van der Waals surface area contributed by atoms with Gasteiger partial charge in [0.05, 0.1) is 7.11 Å². The van der Waals surface area contributed by atoms with Crippen molar-refractivity contribution in [2.45, 2.75) is 44.6 Å². The van der Waals surface area contributed by atoms with Crippen molar-refractivity contribution < 1.29 is 36.2 Å². The van der Waals surface area contributed by atoms with Crippen LogP contribution in [0.5, 0.6) is 5.75 Å². The maximum atomic E-state index is 14.4. The summed E-state index contributed by atoms with van der Waals surface area (Å²) in [5.74, 6) is -6.65. The summed E-state index contributed by atoms with van der Waals surface area (Å²) >= 11 is 0. The molecule has 3 rings (SSSR count). The Morgan fingerprint density at radius 3 is 2.41 bits per heavy atom. The SMILES string of the molecule is COc1c([C@H]2[C@H](c3cc(=O)c(C(N)=O)c(C)[nH]3)O[C@@](C)(C(F)(F)F)[C@H]2C)ccc(F)c1F. The number of aryl methyl sites for hydroxylation is 1. The van der Waals surface area contributed by atoms with Gasteiger partial charge >= 0.3 is 6.18 Å². The minimum Gasteiger partial charge on any atom is -0.493 e. The first-order valence-corrected chi connectivity index (χ1v) is 9.54. The molecule has 0 spiro atoms. The van der Waals surface area contributed by atoms with Crippen LogP contribution in [0.3, 0.4) is 0 Å². The van der Waals surface area contributed by atoms with Crippen LogP contribution in [-0.4, -0.2) is 29.8 Å². The van der Waals surface area contributed by atoms with Gasteiger partial charge in [-0.15, -0.1) is 0 Å². The molecule has 2 aromatic rings. The molecule has 0 bridgehead atoms. The number of pyridine rings is 1. The molecule has 1 aliphatic heterocycles. The molecule has 3 N–H and O–H groups in total. The first-order valence-electron chi connectivity index (χ1n) is 9.54. The Morgan fingerprint density at radius 2 is 1.91 bits per heavy atom. The van der Waals surface area contributed by atoms with E-state index in [1.54, 1.807) is 0 Å². The fraction of sp³-hybridized carbons (Fsp3) is 0.429. The molecule has 11 heteroatoms. The first kappa shape index (κ1) is 23.7. The molecule has 1 aliphatic rings. The largest absolute Gasteiger partial charge is 0.493 e. The number of methoxy groups -OCH3 is 1. The number of amides is 1. The van der Waals surface area contributed by atoms with E-state index in [1.807, 2.05) is 0 Å². The standard InChI is InChI=1S/C21H21F5N2O4/c1-8-14(10-5-6-11(22)16(23)17(10)31-4)18(32-20(8,3)21(24,25)26)12-7-13(29)15(19(27)30)9(2)28-12/h5-8,14,18H,1-4H3,(H2,27,30)(H,28,29)/t8-,14-,18-,20+/m0/s1. The van der Waals surface area contributed by atoms with Crippen molar-refractivity contribution in [1.29, 1.82) is 0 Å². The number of nitrogens with one attached hydrogen (secondary N) is 1. The summed E-state index contributed by atoms with van der Waals surface area (Å²) in [4.78, 5) is 26.7. The van der Waals surface area contributed by atoms with Crippen LogP contribution in [0.2, 0.25) is 0 Å². The number of carbonyl (C=O) groups excluding carboxylic acids is 1. The van der Waals surface area contributed by atoms with Gasteiger partial charge in [0.15, 0.2) is 22.6 Å². The topological polar surface area (TPSA) is 94.4 Å². The Labute approximate surface area is 179 Å². The number of aromatic amines is 1. The second-order valence-electron chi connectivity index (χ2n) is 7.89. The van der Waals surface area contributed by atoms with Gasteiger partial charge in [-0.3, -0.25) is 9.59 Å². The molecule has 0 radical (unpaired) electrons. The summed E-state index contributed by atoms with van der Waals surface area (Å²) in [6, 6.07) is 2.83. The van der Waals surface area contributed by atoms with E-state index in [-0.39, 0.29) is 22.5 Å². The van der Waals surface area contributed by atoms with Crippen LogP contribution in [-0.2, 0) is 4.74 Å². The second-order valence-corrected chi connectivity index (χ2v) is 7.89. The van der Waals surface area contributed by atoms with Crippen molar-refractivity contribution in [2.24, 2.45) is 11.7 Å². The van der Waals surface area contributed by atoms with Gasteiger partial charge in [-0.05, 0) is 19.9 Å². The zero-order chi connectivity index (χ0) is 24.2. The molecular weight excluding hydrogens is 439 g/mol. The lowest BCUT2D eigenvalue weighted by Gasteiger charge is -2.32. The van der Waals surface area contributed by atoms with Crippen molar-refractivity contribution in [3.63, 3.8) is 0 Å². The van der Waals surface area contributed by atoms with E-state index in [0.717, 1.165) is 32.2 Å². The molecule has 1 amide bonds. The molecular formula is C21H21F5N2O4. The predicted molar refractivity (Wildman–Crippen MR) is 103 cm³/mol. The minimum atomic E-state index is -4.83. The number of ether oxygens (including phenoxy) is 2. The van der Waals surface area contributed by atoms with E-state index in [0.29, 0.717) is 0 Å². The number of nitrogens with two attached hydrogens (primary N) is 1. The summed E-state index contributed by atoms with van der Waals surface area (Å²) in [6.45, 7) is 3.47. The number of aromatic nitrogens is 1. The molecule has 1 aromatic heterocycles. The van der Waals surface area contributed by atoms with Gasteiger partial charge in [0.25, 0.3) is 5.91 Å². The van der Waals surface area contributed by atoms with Crippen LogP contribution >= 0.6 is 0 Å². The van der Waals surface area contributed by atoms with E-state index >= 15 is 0 Å².